The van der Waals surface area contributed by atoms with Crippen LogP contribution < -0.4 is 27.0 Å². The molecule has 7 atom stereocenters. The summed E-state index contributed by atoms with van der Waals surface area (Å²) in [6.45, 7) is 9.41. The Bertz CT molecular complexity index is 4390. The van der Waals surface area contributed by atoms with Gasteiger partial charge in [0.05, 0.1) is 55.1 Å². The SMILES string of the molecule is Cc1sc2nc1C(=O)C[C@@H]([C@H](O)c1ccccc1)c1nc(cs1)C(=O)N[C@@H](Cc1ccc(O)cc1)C(=O)N1C[C@H](OC(=O)NCCN3CCOCC3)[C@H](C)[C@H]1c1nc(cs1)-c1nc(cs1)-c1nc(-c3nc(C(=O)N4CCNCC4)cs3)ccc1-c1nc(cs1)C(=O)N[C@H]2CC(N)=O. The van der Waals surface area contributed by atoms with Gasteiger partial charge in [0.2, 0.25) is 11.8 Å². The number of hydrogen-bond acceptors (Lipinski definition) is 26. The van der Waals surface area contributed by atoms with Gasteiger partial charge in [-0.15, -0.1) is 68.0 Å². The maximum absolute atomic E-state index is 15.8. The molecule has 0 spiro atoms. The molecule has 26 nitrogen and oxygen atoms in total. The van der Waals surface area contributed by atoms with E-state index in [0.717, 1.165) is 35.8 Å². The first-order valence-corrected chi connectivity index (χ1v) is 36.5. The first kappa shape index (κ1) is 66.9. The summed E-state index contributed by atoms with van der Waals surface area (Å²) in [5.41, 5.74) is 9.24. The number of aliphatic hydroxyl groups excluding tert-OH is 1. The van der Waals surface area contributed by atoms with Gasteiger partial charge in [-0.1, -0.05) is 49.4 Å². The Morgan fingerprint density at radius 2 is 1.39 bits per heavy atom. The number of carbonyl (C=O) groups is 7. The lowest BCUT2D eigenvalue weighted by Crippen LogP contribution is -2.50. The number of carbonyl (C=O) groups excluding carboxylic acids is 7. The van der Waals surface area contributed by atoms with Gasteiger partial charge in [-0.25, -0.2) is 39.7 Å². The number of amides is 6. The Kier molecular flexibility index (Phi) is 20.4. The van der Waals surface area contributed by atoms with Crippen LogP contribution in [0.2, 0.25) is 0 Å². The second kappa shape index (κ2) is 29.6. The lowest BCUT2D eigenvalue weighted by molar-refractivity contribution is -0.134. The number of phenolic OH excluding ortho intramolecular Hbond substituents is 1. The highest BCUT2D eigenvalue weighted by atomic mass is 32.1. The minimum atomic E-state index is -1.32. The number of thiazole rings is 6. The zero-order chi connectivity index (χ0) is 67.4. The number of aromatic hydroxyl groups is 1. The fourth-order valence-corrected chi connectivity index (χ4v) is 17.4. The summed E-state index contributed by atoms with van der Waals surface area (Å²) in [5, 5.41) is 45.2. The average molecular weight is 1420 g/mol. The number of primary amides is 1. The fourth-order valence-electron chi connectivity index (χ4n) is 12.0. The molecule has 0 radical (unpaired) electrons. The summed E-state index contributed by atoms with van der Waals surface area (Å²) >= 11 is 7.13. The number of Topliss-reactive ketones (excluding diaryl/α,β-unsaturated/α-hetero) is 1. The van der Waals surface area contributed by atoms with E-state index in [1.165, 1.54) is 62.9 Å². The quantitative estimate of drug-likeness (QED) is 0.0631. The van der Waals surface area contributed by atoms with Crippen molar-refractivity contribution >= 4 is 109 Å². The summed E-state index contributed by atoms with van der Waals surface area (Å²) in [4.78, 5) is 140. The molecule has 32 heteroatoms. The molecule has 9 aromatic rings. The van der Waals surface area contributed by atoms with E-state index in [1.807, 2.05) is 17.7 Å². The number of hydrogen-bond donors (Lipinski definition) is 7. The van der Waals surface area contributed by atoms with Crippen LogP contribution in [-0.4, -0.2) is 185 Å². The molecule has 8 N–H and O–H groups in total. The number of nitrogens with two attached hydrogens (primary N) is 1. The van der Waals surface area contributed by atoms with Crippen molar-refractivity contribution in [3.63, 3.8) is 0 Å². The maximum Gasteiger partial charge on any atom is 0.407 e. The number of ketones is 1. The maximum atomic E-state index is 15.8. The number of benzene rings is 2. The average Bonchev–Trinajstić information content (AvgIpc) is 1.65. The highest BCUT2D eigenvalue weighted by Crippen LogP contribution is 2.44. The summed E-state index contributed by atoms with van der Waals surface area (Å²) in [5.74, 6) is -5.00. The molecular formula is C65H65N15O11S6. The van der Waals surface area contributed by atoms with Crippen LogP contribution in [0, 0.1) is 12.8 Å². The van der Waals surface area contributed by atoms with E-state index in [4.69, 9.17) is 50.1 Å². The van der Waals surface area contributed by atoms with Gasteiger partial charge >= 0.3 is 6.09 Å². The number of nitrogens with zero attached hydrogens (tertiary/aromatic N) is 10. The van der Waals surface area contributed by atoms with E-state index < -0.39 is 77.7 Å². The largest absolute Gasteiger partial charge is 0.508 e. The molecule has 4 aliphatic heterocycles. The number of ether oxygens (including phenoxy) is 2. The minimum absolute atomic E-state index is 0.00498. The number of piperazine rings is 1. The Morgan fingerprint density at radius 1 is 0.722 bits per heavy atom. The Labute approximate surface area is 579 Å². The van der Waals surface area contributed by atoms with Gasteiger partial charge in [0, 0.05) is 114 Å². The smallest absolute Gasteiger partial charge is 0.407 e. The van der Waals surface area contributed by atoms with Crippen molar-refractivity contribution < 1.29 is 53.2 Å². The Hall–Kier alpha value is -8.70. The molecule has 4 aliphatic rings. The van der Waals surface area contributed by atoms with Crippen LogP contribution >= 0.6 is 68.0 Å². The van der Waals surface area contributed by atoms with Crippen LogP contribution in [0.4, 0.5) is 4.79 Å². The third kappa shape index (κ3) is 15.1. The summed E-state index contributed by atoms with van der Waals surface area (Å²) < 4.78 is 11.7. The number of nitrogens with one attached hydrogen (secondary N) is 4. The molecule has 2 aromatic carbocycles. The molecule has 3 fully saturated rings. The highest BCUT2D eigenvalue weighted by Gasteiger charge is 2.48. The lowest BCUT2D eigenvalue weighted by atomic mass is 9.90. The van der Waals surface area contributed by atoms with Gasteiger partial charge in [0.25, 0.3) is 17.7 Å². The highest BCUT2D eigenvalue weighted by molar-refractivity contribution is 7.15. The monoisotopic (exact) mass is 1420 g/mol. The van der Waals surface area contributed by atoms with Crippen LogP contribution in [0.15, 0.2) is 93.6 Å². The van der Waals surface area contributed by atoms with E-state index in [9.17, 15) is 39.0 Å². The number of pyridine rings is 1. The molecule has 7 aromatic heterocycles. The number of aliphatic hydroxyl groups is 1. The van der Waals surface area contributed by atoms with Crippen LogP contribution in [-0.2, 0) is 25.5 Å². The number of rotatable bonds is 12. The van der Waals surface area contributed by atoms with Crippen molar-refractivity contribution in [3.8, 4) is 49.1 Å². The van der Waals surface area contributed by atoms with Gasteiger partial charge in [0.1, 0.15) is 82.8 Å². The topological polar surface area (TPSA) is 352 Å². The van der Waals surface area contributed by atoms with Gasteiger partial charge in [-0.05, 0) is 42.3 Å². The fraction of sp³-hybridized carbons (Fsp3) is 0.354. The first-order valence-electron chi connectivity index (χ1n) is 31.2. The Morgan fingerprint density at radius 3 is 2.16 bits per heavy atom. The van der Waals surface area contributed by atoms with Crippen molar-refractivity contribution in [3.05, 3.63) is 147 Å². The molecule has 11 heterocycles. The van der Waals surface area contributed by atoms with Crippen molar-refractivity contribution in [2.24, 2.45) is 11.7 Å². The van der Waals surface area contributed by atoms with E-state index in [1.54, 1.807) is 82.1 Å². The van der Waals surface area contributed by atoms with Crippen molar-refractivity contribution in [1.82, 2.24) is 70.9 Å². The zero-order valence-corrected chi connectivity index (χ0v) is 57.1. The molecule has 502 valence electrons. The molecule has 97 heavy (non-hydrogen) atoms. The third-order valence-electron chi connectivity index (χ3n) is 17.2. The van der Waals surface area contributed by atoms with E-state index >= 15 is 4.79 Å². The van der Waals surface area contributed by atoms with Crippen LogP contribution in [0.5, 0.6) is 5.75 Å². The van der Waals surface area contributed by atoms with E-state index in [-0.39, 0.29) is 70.3 Å². The van der Waals surface area contributed by atoms with Gasteiger partial charge in [-0.2, -0.15) is 0 Å². The molecular weight excluding hydrogens is 1360 g/mol. The molecule has 6 amide bonds. The van der Waals surface area contributed by atoms with Gasteiger partial charge < -0.3 is 56.5 Å². The first-order chi connectivity index (χ1) is 47.0. The van der Waals surface area contributed by atoms with E-state index in [2.05, 4.69) is 26.2 Å². The van der Waals surface area contributed by atoms with Crippen LogP contribution in [0.1, 0.15) is 117 Å². The molecule has 13 rings (SSSR count). The van der Waals surface area contributed by atoms with Crippen LogP contribution in [0.3, 0.4) is 0 Å². The molecule has 0 unspecified atom stereocenters. The predicted molar refractivity (Wildman–Crippen MR) is 366 cm³/mol. The summed E-state index contributed by atoms with van der Waals surface area (Å²) in [6, 6.07) is 15.3. The second-order valence-electron chi connectivity index (χ2n) is 23.6. The number of aryl methyl sites for hydroxylation is 1. The van der Waals surface area contributed by atoms with E-state index in [0.29, 0.717) is 117 Å². The summed E-state index contributed by atoms with van der Waals surface area (Å²) in [7, 11) is 0. The number of alkyl carbamates (subject to hydrolysis) is 1. The minimum Gasteiger partial charge on any atom is -0.508 e. The van der Waals surface area contributed by atoms with Crippen molar-refractivity contribution in [2.45, 2.75) is 69.4 Å². The molecule has 10 bridgehead atoms. The molecule has 0 saturated carbocycles. The second-order valence-corrected chi connectivity index (χ2v) is 29.2. The van der Waals surface area contributed by atoms with Crippen molar-refractivity contribution in [2.75, 3.05) is 72.1 Å². The zero-order valence-electron chi connectivity index (χ0n) is 52.2. The van der Waals surface area contributed by atoms with Gasteiger partial charge in [0.15, 0.2) is 5.78 Å². The molecule has 3 saturated heterocycles. The van der Waals surface area contributed by atoms with Gasteiger partial charge in [-0.3, -0.25) is 33.7 Å². The predicted octanol–water partition coefficient (Wildman–Crippen LogP) is 7.29. The summed E-state index contributed by atoms with van der Waals surface area (Å²) in [6.07, 6.45) is -3.64. The number of fused-ring (bicyclic) bond motifs is 16. The van der Waals surface area contributed by atoms with Crippen LogP contribution in [0.25, 0.3) is 43.4 Å². The van der Waals surface area contributed by atoms with Crippen molar-refractivity contribution in [1.29, 1.82) is 0 Å². The lowest BCUT2D eigenvalue weighted by Gasteiger charge is -2.29. The standard InChI is InChI=1S/C65H65N15O11S6/c1-33-49(91-65(89)68-16-17-78-20-22-90-23-21-78)27-80-53(33)62-75-46(31-96-62)60-72-43(28-94-60)52-38(12-13-40(69-52)59-76-47(32-95-59)63(87)79-18-14-67-15-19-79)57-73-44(29-92-57)55(85)70-41(26-50(66)83)61-77-51(34(2)97-61)48(82)25-39(54(84)36-6-4-3-5-7-36)58-74-45(30-93-58)56(86)71-42(64(80)88)24-35-8-10-37(81)11-9-35/h3-13,28-33,39,41-42,49,53-54,67,81,84H,14-27H2,1-2H3,(H2,66,83)(H,68,89)(H,70,85)(H,71,86)/t33-,39-,41-,42-,49-,53-,54+/m0/s1. The number of aromatic nitrogens is 7. The normalized spacial score (nSPS) is 20.7. The Balaban J connectivity index is 0.900. The number of morpholine rings is 1. The number of phenols is 1. The third-order valence-corrected chi connectivity index (χ3v) is 22.7. The molecule has 0 aliphatic carbocycles.